The monoisotopic (exact) mass is 261 g/mol. The number of anilines is 1. The molecule has 104 valence electrons. The summed E-state index contributed by atoms with van der Waals surface area (Å²) in [7, 11) is 4.10. The Labute approximate surface area is 115 Å². The topological polar surface area (TPSA) is 49.6 Å². The van der Waals surface area contributed by atoms with Gasteiger partial charge >= 0.3 is 0 Å². The van der Waals surface area contributed by atoms with Gasteiger partial charge in [-0.3, -0.25) is 4.79 Å². The molecule has 1 fully saturated rings. The second-order valence-corrected chi connectivity index (χ2v) is 5.63. The van der Waals surface area contributed by atoms with Crippen LogP contribution in [0.25, 0.3) is 0 Å². The Morgan fingerprint density at radius 1 is 1.47 bits per heavy atom. The molecule has 1 saturated heterocycles. The molecule has 1 aliphatic heterocycles. The third-order valence-corrected chi connectivity index (χ3v) is 3.73. The molecule has 1 aliphatic rings. The lowest BCUT2D eigenvalue weighted by molar-refractivity contribution is 0.0716. The Morgan fingerprint density at radius 2 is 2.21 bits per heavy atom. The highest BCUT2D eigenvalue weighted by Gasteiger charge is 2.29. The minimum absolute atomic E-state index is 0.132. The van der Waals surface area contributed by atoms with Crippen LogP contribution in [0.5, 0.6) is 0 Å². The van der Waals surface area contributed by atoms with Gasteiger partial charge in [0.05, 0.1) is 0 Å². The summed E-state index contributed by atoms with van der Waals surface area (Å²) in [5, 5.41) is 0. The molecule has 0 radical (unpaired) electrons. The third kappa shape index (κ3) is 3.07. The predicted octanol–water partition coefficient (Wildman–Crippen LogP) is 1.74. The smallest absolute Gasteiger partial charge is 0.254 e. The maximum atomic E-state index is 12.6. The average molecular weight is 261 g/mol. The largest absolute Gasteiger partial charge is 0.399 e. The molecule has 4 nitrogen and oxygen atoms in total. The van der Waals surface area contributed by atoms with Crippen LogP contribution in [0.1, 0.15) is 28.8 Å². The van der Waals surface area contributed by atoms with Crippen LogP contribution in [0.2, 0.25) is 0 Å². The number of aryl methyl sites for hydroxylation is 1. The van der Waals surface area contributed by atoms with Crippen LogP contribution < -0.4 is 5.73 Å². The molecular weight excluding hydrogens is 238 g/mol. The van der Waals surface area contributed by atoms with Crippen LogP contribution in [0.15, 0.2) is 18.2 Å². The molecule has 0 spiro atoms. The van der Waals surface area contributed by atoms with E-state index in [1.54, 1.807) is 0 Å². The Hall–Kier alpha value is -1.55. The Bertz CT molecular complexity index is 470. The van der Waals surface area contributed by atoms with Gasteiger partial charge in [-0.15, -0.1) is 0 Å². The highest BCUT2D eigenvalue weighted by Crippen LogP contribution is 2.22. The second kappa shape index (κ2) is 5.61. The van der Waals surface area contributed by atoms with Crippen molar-refractivity contribution in [3.8, 4) is 0 Å². The normalized spacial score (nSPS) is 19.2. The summed E-state index contributed by atoms with van der Waals surface area (Å²) >= 11 is 0. The highest BCUT2D eigenvalue weighted by molar-refractivity contribution is 5.95. The van der Waals surface area contributed by atoms with E-state index in [1.807, 2.05) is 44.1 Å². The molecule has 1 unspecified atom stereocenters. The first-order chi connectivity index (χ1) is 8.99. The Morgan fingerprint density at radius 3 is 2.84 bits per heavy atom. The van der Waals surface area contributed by atoms with Crippen molar-refractivity contribution in [3.05, 3.63) is 29.3 Å². The first-order valence-electron chi connectivity index (χ1n) is 6.81. The molecule has 0 aromatic heterocycles. The average Bonchev–Trinajstić information content (AvgIpc) is 2.79. The van der Waals surface area contributed by atoms with Gasteiger partial charge < -0.3 is 15.5 Å². The van der Waals surface area contributed by atoms with E-state index in [9.17, 15) is 4.79 Å². The van der Waals surface area contributed by atoms with Crippen molar-refractivity contribution in [1.29, 1.82) is 0 Å². The summed E-state index contributed by atoms with van der Waals surface area (Å²) in [6.07, 6.45) is 2.19. The minimum Gasteiger partial charge on any atom is -0.399 e. The number of likely N-dealkylation sites (tertiary alicyclic amines) is 1. The molecule has 0 bridgehead atoms. The fourth-order valence-corrected chi connectivity index (χ4v) is 2.69. The Balaban J connectivity index is 2.16. The molecule has 1 amide bonds. The van der Waals surface area contributed by atoms with E-state index in [0.29, 0.717) is 6.04 Å². The van der Waals surface area contributed by atoms with Crippen LogP contribution in [-0.2, 0) is 0 Å². The molecule has 1 aromatic carbocycles. The molecule has 1 aromatic rings. The fourth-order valence-electron chi connectivity index (χ4n) is 2.69. The SMILES string of the molecule is Cc1cc(C(=O)N2CCCC2CN(C)C)ccc1N. The van der Waals surface area contributed by atoms with Gasteiger partial charge in [-0.1, -0.05) is 0 Å². The quantitative estimate of drug-likeness (QED) is 0.843. The molecule has 2 N–H and O–H groups in total. The third-order valence-electron chi connectivity index (χ3n) is 3.73. The molecule has 1 atom stereocenters. The molecule has 2 rings (SSSR count). The van der Waals surface area contributed by atoms with E-state index in [1.165, 1.54) is 0 Å². The van der Waals surface area contributed by atoms with Gasteiger partial charge in [0.15, 0.2) is 0 Å². The van der Waals surface area contributed by atoms with Gasteiger partial charge in [0.25, 0.3) is 5.91 Å². The van der Waals surface area contributed by atoms with Gasteiger partial charge in [0.1, 0.15) is 0 Å². The van der Waals surface area contributed by atoms with E-state index in [2.05, 4.69) is 4.90 Å². The molecular formula is C15H23N3O. The number of nitrogens with two attached hydrogens (primary N) is 1. The zero-order chi connectivity index (χ0) is 14.0. The zero-order valence-corrected chi connectivity index (χ0v) is 12.0. The van der Waals surface area contributed by atoms with Gasteiger partial charge in [0.2, 0.25) is 0 Å². The van der Waals surface area contributed by atoms with Crippen LogP contribution in [-0.4, -0.2) is 48.9 Å². The second-order valence-electron chi connectivity index (χ2n) is 5.63. The summed E-state index contributed by atoms with van der Waals surface area (Å²) in [5.74, 6) is 0.132. The van der Waals surface area contributed by atoms with E-state index in [4.69, 9.17) is 5.73 Å². The number of nitrogens with zero attached hydrogens (tertiary/aromatic N) is 2. The summed E-state index contributed by atoms with van der Waals surface area (Å²) in [4.78, 5) is 16.7. The minimum atomic E-state index is 0.132. The van der Waals surface area contributed by atoms with E-state index in [0.717, 1.165) is 42.7 Å². The lowest BCUT2D eigenvalue weighted by Crippen LogP contribution is -2.41. The fraction of sp³-hybridized carbons (Fsp3) is 0.533. The van der Waals surface area contributed by atoms with Gasteiger partial charge in [0, 0.05) is 30.4 Å². The first kappa shape index (κ1) is 13.9. The lowest BCUT2D eigenvalue weighted by Gasteiger charge is -2.27. The summed E-state index contributed by atoms with van der Waals surface area (Å²) in [6.45, 7) is 3.73. The number of carbonyl (C=O) groups excluding carboxylic acids is 1. The van der Waals surface area contributed by atoms with Crippen molar-refractivity contribution >= 4 is 11.6 Å². The lowest BCUT2D eigenvalue weighted by atomic mass is 10.1. The molecule has 4 heteroatoms. The summed E-state index contributed by atoms with van der Waals surface area (Å²) in [6, 6.07) is 5.87. The molecule has 0 saturated carbocycles. The molecule has 0 aliphatic carbocycles. The van der Waals surface area contributed by atoms with E-state index < -0.39 is 0 Å². The molecule has 1 heterocycles. The number of hydrogen-bond acceptors (Lipinski definition) is 3. The maximum Gasteiger partial charge on any atom is 0.254 e. The zero-order valence-electron chi connectivity index (χ0n) is 12.0. The number of carbonyl (C=O) groups is 1. The number of hydrogen-bond donors (Lipinski definition) is 1. The van der Waals surface area contributed by atoms with Crippen molar-refractivity contribution in [2.24, 2.45) is 0 Å². The van der Waals surface area contributed by atoms with Crippen LogP contribution >= 0.6 is 0 Å². The van der Waals surface area contributed by atoms with E-state index >= 15 is 0 Å². The van der Waals surface area contributed by atoms with E-state index in [-0.39, 0.29) is 5.91 Å². The number of benzene rings is 1. The van der Waals surface area contributed by atoms with Crippen molar-refractivity contribution in [3.63, 3.8) is 0 Å². The predicted molar refractivity (Wildman–Crippen MR) is 78.2 cm³/mol. The molecule has 19 heavy (non-hydrogen) atoms. The van der Waals surface area contributed by atoms with Gasteiger partial charge in [-0.2, -0.15) is 0 Å². The number of nitrogen functional groups attached to an aromatic ring is 1. The first-order valence-corrected chi connectivity index (χ1v) is 6.81. The van der Waals surface area contributed by atoms with Crippen molar-refractivity contribution in [2.45, 2.75) is 25.8 Å². The summed E-state index contributed by atoms with van der Waals surface area (Å²) in [5.41, 5.74) is 8.26. The number of amides is 1. The van der Waals surface area contributed by atoms with Crippen LogP contribution in [0.3, 0.4) is 0 Å². The highest BCUT2D eigenvalue weighted by atomic mass is 16.2. The van der Waals surface area contributed by atoms with Gasteiger partial charge in [-0.05, 0) is 57.6 Å². The maximum absolute atomic E-state index is 12.6. The van der Waals surface area contributed by atoms with Crippen molar-refractivity contribution in [1.82, 2.24) is 9.80 Å². The number of rotatable bonds is 3. The van der Waals surface area contributed by atoms with Crippen LogP contribution in [0.4, 0.5) is 5.69 Å². The number of likely N-dealkylation sites (N-methyl/N-ethyl adjacent to an activating group) is 1. The summed E-state index contributed by atoms with van der Waals surface area (Å²) < 4.78 is 0. The van der Waals surface area contributed by atoms with Crippen molar-refractivity contribution < 1.29 is 4.79 Å². The van der Waals surface area contributed by atoms with Gasteiger partial charge in [-0.25, -0.2) is 0 Å². The standard InChI is InChI=1S/C15H23N3O/c1-11-9-12(6-7-14(11)16)15(19)18-8-4-5-13(18)10-17(2)3/h6-7,9,13H,4-5,8,10,16H2,1-3H3. The Kier molecular flexibility index (Phi) is 4.10. The van der Waals surface area contributed by atoms with Crippen LogP contribution in [0, 0.1) is 6.92 Å². The van der Waals surface area contributed by atoms with Crippen molar-refractivity contribution in [2.75, 3.05) is 32.9 Å².